The van der Waals surface area contributed by atoms with E-state index in [4.69, 9.17) is 4.74 Å². The van der Waals surface area contributed by atoms with Crippen LogP contribution >= 0.6 is 0 Å². The van der Waals surface area contributed by atoms with Crippen molar-refractivity contribution in [2.24, 2.45) is 0 Å². The number of amides is 1. The van der Waals surface area contributed by atoms with Gasteiger partial charge in [-0.05, 0) is 57.4 Å². The molecule has 1 N–H and O–H groups in total. The molecule has 1 saturated heterocycles. The monoisotopic (exact) mass is 339 g/mol. The summed E-state index contributed by atoms with van der Waals surface area (Å²) in [6, 6.07) is 14.0. The number of hydrogen-bond donors (Lipinski definition) is 1. The number of likely N-dealkylation sites (tertiary alicyclic amines) is 1. The summed E-state index contributed by atoms with van der Waals surface area (Å²) in [5.74, 6) is 0.789. The standard InChI is InChI=1S/C20H25N3O2/c1-20(2,3)25-19(24)23-13-7-10-17(23)15-11-12-18(21-14-15)22-16-8-5-4-6-9-16/h4-6,8-9,11-12,14,17H,7,10,13H2,1-3H3,(H,21,22)/t17-/m1/s1. The number of para-hydroxylation sites is 1. The number of carbonyl (C=O) groups is 1. The highest BCUT2D eigenvalue weighted by Crippen LogP contribution is 2.33. The molecule has 1 aromatic carbocycles. The highest BCUT2D eigenvalue weighted by Gasteiger charge is 2.33. The van der Waals surface area contributed by atoms with Gasteiger partial charge in [0.1, 0.15) is 11.4 Å². The Morgan fingerprint density at radius 1 is 1.20 bits per heavy atom. The maximum Gasteiger partial charge on any atom is 0.410 e. The molecule has 0 aliphatic carbocycles. The van der Waals surface area contributed by atoms with E-state index < -0.39 is 5.60 Å². The summed E-state index contributed by atoms with van der Waals surface area (Å²) in [6.07, 6.45) is 3.51. The van der Waals surface area contributed by atoms with Crippen molar-refractivity contribution >= 4 is 17.6 Å². The minimum Gasteiger partial charge on any atom is -0.444 e. The summed E-state index contributed by atoms with van der Waals surface area (Å²) >= 11 is 0. The van der Waals surface area contributed by atoms with Crippen molar-refractivity contribution in [2.45, 2.75) is 45.3 Å². The van der Waals surface area contributed by atoms with E-state index in [0.717, 1.165) is 36.5 Å². The van der Waals surface area contributed by atoms with E-state index in [2.05, 4.69) is 10.3 Å². The molecule has 0 unspecified atom stereocenters. The molecule has 1 aliphatic heterocycles. The predicted octanol–water partition coefficient (Wildman–Crippen LogP) is 4.90. The van der Waals surface area contributed by atoms with E-state index >= 15 is 0 Å². The third-order valence-electron chi connectivity index (χ3n) is 4.10. The van der Waals surface area contributed by atoms with Gasteiger partial charge in [-0.25, -0.2) is 9.78 Å². The number of ether oxygens (including phenoxy) is 1. The Bertz CT molecular complexity index is 708. The first-order valence-corrected chi connectivity index (χ1v) is 8.70. The molecule has 3 rings (SSSR count). The maximum atomic E-state index is 12.4. The number of anilines is 2. The second-order valence-electron chi connectivity index (χ2n) is 7.30. The van der Waals surface area contributed by atoms with E-state index in [-0.39, 0.29) is 12.1 Å². The summed E-state index contributed by atoms with van der Waals surface area (Å²) in [4.78, 5) is 18.7. The quantitative estimate of drug-likeness (QED) is 0.864. The molecule has 5 nitrogen and oxygen atoms in total. The van der Waals surface area contributed by atoms with Crippen molar-refractivity contribution in [3.63, 3.8) is 0 Å². The lowest BCUT2D eigenvalue weighted by Crippen LogP contribution is -2.36. The van der Waals surface area contributed by atoms with Crippen molar-refractivity contribution in [1.29, 1.82) is 0 Å². The highest BCUT2D eigenvalue weighted by molar-refractivity contribution is 5.69. The zero-order valence-corrected chi connectivity index (χ0v) is 15.0. The fraction of sp³-hybridized carbons (Fsp3) is 0.400. The number of nitrogens with one attached hydrogen (secondary N) is 1. The van der Waals surface area contributed by atoms with Crippen LogP contribution < -0.4 is 5.32 Å². The van der Waals surface area contributed by atoms with Crippen LogP contribution in [0.4, 0.5) is 16.3 Å². The molecular formula is C20H25N3O2. The lowest BCUT2D eigenvalue weighted by molar-refractivity contribution is 0.0224. The fourth-order valence-electron chi connectivity index (χ4n) is 3.00. The van der Waals surface area contributed by atoms with Crippen molar-refractivity contribution in [2.75, 3.05) is 11.9 Å². The van der Waals surface area contributed by atoms with Crippen molar-refractivity contribution in [1.82, 2.24) is 9.88 Å². The molecule has 0 bridgehead atoms. The molecular weight excluding hydrogens is 314 g/mol. The predicted molar refractivity (Wildman–Crippen MR) is 98.9 cm³/mol. The van der Waals surface area contributed by atoms with Gasteiger partial charge in [-0.3, -0.25) is 0 Å². The number of aromatic nitrogens is 1. The van der Waals surface area contributed by atoms with Gasteiger partial charge in [-0.2, -0.15) is 0 Å². The Balaban J connectivity index is 1.69. The van der Waals surface area contributed by atoms with E-state index in [9.17, 15) is 4.79 Å². The van der Waals surface area contributed by atoms with Gasteiger partial charge >= 0.3 is 6.09 Å². The lowest BCUT2D eigenvalue weighted by atomic mass is 10.1. The van der Waals surface area contributed by atoms with Gasteiger partial charge in [-0.15, -0.1) is 0 Å². The SMILES string of the molecule is CC(C)(C)OC(=O)N1CCC[C@@H]1c1ccc(Nc2ccccc2)nc1. The summed E-state index contributed by atoms with van der Waals surface area (Å²) in [5.41, 5.74) is 1.56. The lowest BCUT2D eigenvalue weighted by Gasteiger charge is -2.28. The number of rotatable bonds is 3. The van der Waals surface area contributed by atoms with E-state index in [1.165, 1.54) is 0 Å². The summed E-state index contributed by atoms with van der Waals surface area (Å²) < 4.78 is 5.53. The molecule has 2 aromatic rings. The largest absolute Gasteiger partial charge is 0.444 e. The highest BCUT2D eigenvalue weighted by atomic mass is 16.6. The van der Waals surface area contributed by atoms with Gasteiger partial charge < -0.3 is 15.0 Å². The summed E-state index contributed by atoms with van der Waals surface area (Å²) in [7, 11) is 0. The van der Waals surface area contributed by atoms with Crippen molar-refractivity contribution < 1.29 is 9.53 Å². The first kappa shape index (κ1) is 17.3. The van der Waals surface area contributed by atoms with Crippen LogP contribution in [0.3, 0.4) is 0 Å². The molecule has 0 radical (unpaired) electrons. The first-order chi connectivity index (χ1) is 11.9. The van der Waals surface area contributed by atoms with Crippen LogP contribution in [0.15, 0.2) is 48.7 Å². The molecule has 25 heavy (non-hydrogen) atoms. The topological polar surface area (TPSA) is 54.5 Å². The Morgan fingerprint density at radius 2 is 1.96 bits per heavy atom. The number of benzene rings is 1. The van der Waals surface area contributed by atoms with Crippen LogP contribution in [-0.4, -0.2) is 28.1 Å². The smallest absolute Gasteiger partial charge is 0.410 e. The molecule has 1 amide bonds. The average Bonchev–Trinajstić information content (AvgIpc) is 3.05. The number of hydrogen-bond acceptors (Lipinski definition) is 4. The first-order valence-electron chi connectivity index (χ1n) is 8.70. The average molecular weight is 339 g/mol. The van der Waals surface area contributed by atoms with Crippen LogP contribution in [0.1, 0.15) is 45.2 Å². The molecule has 0 spiro atoms. The van der Waals surface area contributed by atoms with Crippen LogP contribution in [0.5, 0.6) is 0 Å². The second kappa shape index (κ2) is 7.13. The third kappa shape index (κ3) is 4.50. The number of carbonyl (C=O) groups excluding carboxylic acids is 1. The molecule has 0 saturated carbocycles. The van der Waals surface area contributed by atoms with Crippen molar-refractivity contribution in [3.8, 4) is 0 Å². The maximum absolute atomic E-state index is 12.4. The van der Waals surface area contributed by atoms with Gasteiger partial charge in [0, 0.05) is 18.4 Å². The zero-order chi connectivity index (χ0) is 17.9. The second-order valence-corrected chi connectivity index (χ2v) is 7.30. The van der Waals surface area contributed by atoms with E-state index in [0.29, 0.717) is 0 Å². The molecule has 1 atom stereocenters. The fourth-order valence-corrected chi connectivity index (χ4v) is 3.00. The number of pyridine rings is 1. The molecule has 1 aromatic heterocycles. The summed E-state index contributed by atoms with van der Waals surface area (Å²) in [5, 5.41) is 3.27. The van der Waals surface area contributed by atoms with Crippen LogP contribution in [0.2, 0.25) is 0 Å². The number of nitrogens with zero attached hydrogens (tertiary/aromatic N) is 2. The molecule has 1 aliphatic rings. The molecule has 1 fully saturated rings. The Hall–Kier alpha value is -2.56. The van der Waals surface area contributed by atoms with Crippen LogP contribution in [0.25, 0.3) is 0 Å². The van der Waals surface area contributed by atoms with E-state index in [1.807, 2.05) is 74.3 Å². The minimum atomic E-state index is -0.480. The Morgan fingerprint density at radius 3 is 2.60 bits per heavy atom. The summed E-state index contributed by atoms with van der Waals surface area (Å²) in [6.45, 7) is 6.40. The van der Waals surface area contributed by atoms with Gasteiger partial charge in [0.25, 0.3) is 0 Å². The van der Waals surface area contributed by atoms with Crippen LogP contribution in [-0.2, 0) is 4.74 Å². The zero-order valence-electron chi connectivity index (χ0n) is 15.0. The Labute approximate surface area is 149 Å². The normalized spacial score (nSPS) is 17.4. The molecule has 5 heteroatoms. The van der Waals surface area contributed by atoms with E-state index in [1.54, 1.807) is 0 Å². The van der Waals surface area contributed by atoms with Crippen molar-refractivity contribution in [3.05, 3.63) is 54.2 Å². The molecule has 2 heterocycles. The van der Waals surface area contributed by atoms with Gasteiger partial charge in [0.05, 0.1) is 6.04 Å². The minimum absolute atomic E-state index is 0.0353. The van der Waals surface area contributed by atoms with Gasteiger partial charge in [-0.1, -0.05) is 24.3 Å². The van der Waals surface area contributed by atoms with Gasteiger partial charge in [0.2, 0.25) is 0 Å². The van der Waals surface area contributed by atoms with Crippen LogP contribution in [0, 0.1) is 0 Å². The third-order valence-corrected chi connectivity index (χ3v) is 4.10. The Kier molecular flexibility index (Phi) is 4.93. The van der Waals surface area contributed by atoms with Gasteiger partial charge in [0.15, 0.2) is 0 Å². The molecule has 132 valence electrons.